The van der Waals surface area contributed by atoms with Crippen molar-refractivity contribution in [2.75, 3.05) is 0 Å². The number of hydrogen-bond acceptors (Lipinski definition) is 1. The van der Waals surface area contributed by atoms with Crippen LogP contribution < -0.4 is 0 Å². The van der Waals surface area contributed by atoms with Gasteiger partial charge in [-0.15, -0.1) is 0 Å². The molecule has 0 radical (unpaired) electrons. The van der Waals surface area contributed by atoms with Crippen LogP contribution in [0.2, 0.25) is 0 Å². The maximum Gasteiger partial charge on any atom is 0.0805 e. The Bertz CT molecular complexity index is 384. The van der Waals surface area contributed by atoms with Gasteiger partial charge < -0.3 is 5.11 Å². The van der Waals surface area contributed by atoms with Crippen molar-refractivity contribution in [1.29, 1.82) is 0 Å². The standard InChI is InChI=1S/C15H22Br2O/c1-9-11(16)7-12(17)14(2,3)13(9)10-5-6-15(4,18)8-10/h5-6,10-13,18H,1,7-8H2,2-4H3/t10?,11-,12-,13-,15?/m0/s1. The van der Waals surface area contributed by atoms with E-state index >= 15 is 0 Å². The van der Waals surface area contributed by atoms with Crippen molar-refractivity contribution >= 4 is 31.9 Å². The second-order valence-corrected chi connectivity index (χ2v) is 8.84. The van der Waals surface area contributed by atoms with Gasteiger partial charge in [-0.2, -0.15) is 0 Å². The van der Waals surface area contributed by atoms with Gasteiger partial charge in [-0.05, 0) is 37.0 Å². The molecule has 0 aromatic heterocycles. The fraction of sp³-hybridized carbons (Fsp3) is 0.733. The third-order valence-corrected chi connectivity index (χ3v) is 7.12. The Morgan fingerprint density at radius 1 is 1.33 bits per heavy atom. The molecule has 0 spiro atoms. The third-order valence-electron chi connectivity index (χ3n) is 4.60. The minimum atomic E-state index is -0.651. The van der Waals surface area contributed by atoms with Gasteiger partial charge in [-0.1, -0.05) is 70.0 Å². The smallest absolute Gasteiger partial charge is 0.0805 e. The Morgan fingerprint density at radius 2 is 1.94 bits per heavy atom. The van der Waals surface area contributed by atoms with Gasteiger partial charge in [0.05, 0.1) is 5.60 Å². The first kappa shape index (κ1) is 14.8. The molecule has 102 valence electrons. The number of hydrogen-bond donors (Lipinski definition) is 1. The van der Waals surface area contributed by atoms with Gasteiger partial charge in [0.1, 0.15) is 0 Å². The fourth-order valence-electron chi connectivity index (χ4n) is 3.50. The average Bonchev–Trinajstić information content (AvgIpc) is 2.56. The Kier molecular flexibility index (Phi) is 3.90. The summed E-state index contributed by atoms with van der Waals surface area (Å²) in [7, 11) is 0. The SMILES string of the molecule is C=C1[C@@H](Br)C[C@H](Br)C(C)(C)[C@@H]1C1C=CC(C)(O)C1. The van der Waals surface area contributed by atoms with Gasteiger partial charge in [0.15, 0.2) is 0 Å². The molecule has 2 aliphatic rings. The van der Waals surface area contributed by atoms with Crippen LogP contribution in [0.15, 0.2) is 24.3 Å². The van der Waals surface area contributed by atoms with Crippen LogP contribution in [0.3, 0.4) is 0 Å². The molecule has 0 aliphatic heterocycles. The van der Waals surface area contributed by atoms with E-state index in [1.54, 1.807) is 0 Å². The van der Waals surface area contributed by atoms with Gasteiger partial charge in [0, 0.05) is 9.65 Å². The zero-order chi connectivity index (χ0) is 13.7. The minimum Gasteiger partial charge on any atom is -0.386 e. The molecule has 0 heterocycles. The largest absolute Gasteiger partial charge is 0.386 e. The van der Waals surface area contributed by atoms with E-state index in [9.17, 15) is 5.11 Å². The van der Waals surface area contributed by atoms with Gasteiger partial charge in [0.25, 0.3) is 0 Å². The molecule has 0 bridgehead atoms. The fourth-order valence-corrected chi connectivity index (χ4v) is 5.32. The maximum atomic E-state index is 10.1. The maximum absolute atomic E-state index is 10.1. The van der Waals surface area contributed by atoms with E-state index in [4.69, 9.17) is 0 Å². The normalized spacial score (nSPS) is 47.6. The molecular formula is C15H22Br2O. The lowest BCUT2D eigenvalue weighted by Gasteiger charge is -2.48. The lowest BCUT2D eigenvalue weighted by molar-refractivity contribution is 0.0757. The van der Waals surface area contributed by atoms with Crippen molar-refractivity contribution in [3.05, 3.63) is 24.3 Å². The molecule has 0 aromatic carbocycles. The van der Waals surface area contributed by atoms with E-state index < -0.39 is 5.60 Å². The number of allylic oxidation sites excluding steroid dienone is 2. The molecule has 0 amide bonds. The van der Waals surface area contributed by atoms with Crippen LogP contribution in [-0.4, -0.2) is 20.4 Å². The van der Waals surface area contributed by atoms with Gasteiger partial charge >= 0.3 is 0 Å². The highest BCUT2D eigenvalue weighted by atomic mass is 79.9. The first-order valence-corrected chi connectivity index (χ1v) is 8.37. The Balaban J connectivity index is 2.29. The van der Waals surface area contributed by atoms with Crippen LogP contribution in [0.4, 0.5) is 0 Å². The zero-order valence-corrected chi connectivity index (χ0v) is 14.5. The predicted octanol–water partition coefficient (Wildman–Crippen LogP) is 4.44. The zero-order valence-electron chi connectivity index (χ0n) is 11.3. The Morgan fingerprint density at radius 3 is 2.44 bits per heavy atom. The van der Waals surface area contributed by atoms with E-state index in [0.717, 1.165) is 12.8 Å². The molecule has 2 aliphatic carbocycles. The van der Waals surface area contributed by atoms with Crippen molar-refractivity contribution in [2.24, 2.45) is 17.3 Å². The molecule has 1 saturated carbocycles. The summed E-state index contributed by atoms with van der Waals surface area (Å²) < 4.78 is 0. The number of halogens is 2. The quantitative estimate of drug-likeness (QED) is 0.528. The molecule has 5 atom stereocenters. The van der Waals surface area contributed by atoms with Gasteiger partial charge in [-0.3, -0.25) is 0 Å². The molecule has 0 saturated heterocycles. The summed E-state index contributed by atoms with van der Waals surface area (Å²) in [5, 5.41) is 10.1. The number of alkyl halides is 2. The van der Waals surface area contributed by atoms with Crippen LogP contribution in [0.1, 0.15) is 33.6 Å². The Labute approximate surface area is 127 Å². The van der Waals surface area contributed by atoms with E-state index in [1.807, 2.05) is 13.0 Å². The van der Waals surface area contributed by atoms with Gasteiger partial charge in [0.2, 0.25) is 0 Å². The Hall–Kier alpha value is 0.400. The first-order chi connectivity index (χ1) is 8.15. The summed E-state index contributed by atoms with van der Waals surface area (Å²) in [5.74, 6) is 0.799. The monoisotopic (exact) mass is 376 g/mol. The summed E-state index contributed by atoms with van der Waals surface area (Å²) in [4.78, 5) is 0.850. The summed E-state index contributed by atoms with van der Waals surface area (Å²) >= 11 is 7.58. The molecule has 1 N–H and O–H groups in total. The van der Waals surface area contributed by atoms with Crippen LogP contribution >= 0.6 is 31.9 Å². The molecule has 2 unspecified atom stereocenters. The second kappa shape index (κ2) is 4.75. The predicted molar refractivity (Wildman–Crippen MR) is 84.3 cm³/mol. The van der Waals surface area contributed by atoms with E-state index in [1.165, 1.54) is 5.57 Å². The van der Waals surface area contributed by atoms with Crippen LogP contribution in [0.25, 0.3) is 0 Å². The number of aliphatic hydroxyl groups is 1. The lowest BCUT2D eigenvalue weighted by Crippen LogP contribution is -2.45. The minimum absolute atomic E-state index is 0.163. The second-order valence-electron chi connectivity index (χ2n) is 6.63. The highest BCUT2D eigenvalue weighted by Crippen LogP contribution is 2.54. The van der Waals surface area contributed by atoms with Crippen LogP contribution in [0, 0.1) is 17.3 Å². The number of rotatable bonds is 1. The molecule has 18 heavy (non-hydrogen) atoms. The van der Waals surface area contributed by atoms with Gasteiger partial charge in [-0.25, -0.2) is 0 Å². The van der Waals surface area contributed by atoms with Crippen molar-refractivity contribution in [1.82, 2.24) is 0 Å². The average molecular weight is 378 g/mol. The lowest BCUT2D eigenvalue weighted by atomic mass is 9.61. The molecule has 2 rings (SSSR count). The third kappa shape index (κ3) is 2.51. The molecule has 1 nitrogen and oxygen atoms in total. The summed E-state index contributed by atoms with van der Waals surface area (Å²) in [6.45, 7) is 10.8. The van der Waals surface area contributed by atoms with Crippen molar-refractivity contribution in [3.8, 4) is 0 Å². The molecule has 0 aromatic rings. The van der Waals surface area contributed by atoms with E-state index in [0.29, 0.717) is 21.5 Å². The van der Waals surface area contributed by atoms with E-state index in [-0.39, 0.29) is 5.41 Å². The topological polar surface area (TPSA) is 20.2 Å². The highest BCUT2D eigenvalue weighted by molar-refractivity contribution is 9.10. The first-order valence-electron chi connectivity index (χ1n) is 6.54. The van der Waals surface area contributed by atoms with Crippen molar-refractivity contribution in [2.45, 2.75) is 48.9 Å². The highest BCUT2D eigenvalue weighted by Gasteiger charge is 2.48. The van der Waals surface area contributed by atoms with Crippen LogP contribution in [0.5, 0.6) is 0 Å². The van der Waals surface area contributed by atoms with Crippen molar-refractivity contribution in [3.63, 3.8) is 0 Å². The summed E-state index contributed by atoms with van der Waals surface area (Å²) in [6, 6.07) is 0. The molecular weight excluding hydrogens is 356 g/mol. The summed E-state index contributed by atoms with van der Waals surface area (Å²) in [6.07, 6.45) is 6.01. The summed E-state index contributed by atoms with van der Waals surface area (Å²) in [5.41, 5.74) is 0.793. The van der Waals surface area contributed by atoms with E-state index in [2.05, 4.69) is 58.4 Å². The molecule has 1 fully saturated rings. The molecule has 3 heteroatoms. The van der Waals surface area contributed by atoms with Crippen LogP contribution in [-0.2, 0) is 0 Å². The van der Waals surface area contributed by atoms with Crippen molar-refractivity contribution < 1.29 is 5.11 Å².